The normalized spacial score (nSPS) is 45.9. The number of alkyl halides is 1. The van der Waals surface area contributed by atoms with Crippen LogP contribution in [-0.2, 0) is 14.6 Å². The van der Waals surface area contributed by atoms with Crippen molar-refractivity contribution >= 4 is 15.6 Å². The zero-order valence-electron chi connectivity index (χ0n) is 21.1. The first-order valence-corrected chi connectivity index (χ1v) is 15.7. The first kappa shape index (κ1) is 25.1. The molecule has 0 spiro atoms. The summed E-state index contributed by atoms with van der Waals surface area (Å²) in [6, 6.07) is 0. The monoisotopic (exact) mass is 497 g/mol. The number of hydrogen-bond donors (Lipinski definition) is 1. The van der Waals surface area contributed by atoms with Crippen molar-refractivity contribution in [2.75, 3.05) is 32.6 Å². The molecule has 0 aromatic rings. The minimum atomic E-state index is -2.99. The van der Waals surface area contributed by atoms with Gasteiger partial charge < -0.3 is 5.11 Å². The molecule has 4 aliphatic carbocycles. The number of fused-ring (bicyclic) bond motifs is 5. The number of piperidine rings is 1. The molecule has 0 aromatic heterocycles. The summed E-state index contributed by atoms with van der Waals surface area (Å²) >= 11 is 0. The number of likely N-dealkylation sites (tertiary alicyclic amines) is 1. The maximum atomic E-state index is 13.5. The van der Waals surface area contributed by atoms with E-state index in [1.54, 1.807) is 0 Å². The van der Waals surface area contributed by atoms with Crippen LogP contribution in [0.1, 0.15) is 77.6 Å². The van der Waals surface area contributed by atoms with Crippen LogP contribution in [0.25, 0.3) is 0 Å². The SMILES string of the molecule is C[C@]12CC[C@H]3[C@@H](CC[C@H]4C[C@@](O)(CF)CC[C@@H]43)[C@@H]1CC[C@@H]2C(=O)CN1CCC(S(C)(=O)=O)CC1. The molecule has 0 amide bonds. The van der Waals surface area contributed by atoms with Crippen LogP contribution in [0.15, 0.2) is 0 Å². The third-order valence-electron chi connectivity index (χ3n) is 11.3. The standard InChI is InChI=1S/C27H44FNO4S/c1-26-11-7-21-20-8-12-27(31,17-28)15-18(20)3-4-22(21)23(26)5-6-24(26)25(30)16-29-13-9-19(10-14-29)34(2,32)33/h18-24,31H,3-17H2,1-2H3/t18-,20-,21+,22+,23-,24+,26-,27+/m0/s1. The Morgan fingerprint density at radius 3 is 2.35 bits per heavy atom. The molecular formula is C27H44FNO4S. The lowest BCUT2D eigenvalue weighted by Gasteiger charge is -2.57. The first-order chi connectivity index (χ1) is 16.0. The second kappa shape index (κ2) is 9.09. The molecule has 0 unspecified atom stereocenters. The van der Waals surface area contributed by atoms with E-state index >= 15 is 0 Å². The third-order valence-corrected chi connectivity index (χ3v) is 12.9. The van der Waals surface area contributed by atoms with Crippen LogP contribution in [0.4, 0.5) is 4.39 Å². The molecule has 5 aliphatic rings. The highest BCUT2D eigenvalue weighted by Crippen LogP contribution is 2.64. The second-order valence-electron chi connectivity index (χ2n) is 13.0. The Hall–Kier alpha value is -0.530. The first-order valence-electron chi connectivity index (χ1n) is 13.8. The average molecular weight is 498 g/mol. The molecule has 0 radical (unpaired) electrons. The molecule has 1 aliphatic heterocycles. The van der Waals surface area contributed by atoms with Crippen molar-refractivity contribution in [2.45, 2.75) is 88.4 Å². The molecule has 7 heteroatoms. The summed E-state index contributed by atoms with van der Waals surface area (Å²) in [7, 11) is -2.99. The zero-order valence-corrected chi connectivity index (χ0v) is 21.9. The van der Waals surface area contributed by atoms with E-state index in [-0.39, 0.29) is 16.6 Å². The molecule has 5 nitrogen and oxygen atoms in total. The van der Waals surface area contributed by atoms with Crippen LogP contribution < -0.4 is 0 Å². The molecular weight excluding hydrogens is 453 g/mol. The topological polar surface area (TPSA) is 74.7 Å². The number of nitrogens with zero attached hydrogens (tertiary/aromatic N) is 1. The Balaban J connectivity index is 1.21. The smallest absolute Gasteiger partial charge is 0.150 e. The molecule has 34 heavy (non-hydrogen) atoms. The average Bonchev–Trinajstić information content (AvgIpc) is 3.16. The highest BCUT2D eigenvalue weighted by molar-refractivity contribution is 7.91. The summed E-state index contributed by atoms with van der Waals surface area (Å²) in [5, 5.41) is 10.3. The summed E-state index contributed by atoms with van der Waals surface area (Å²) < 4.78 is 37.1. The van der Waals surface area contributed by atoms with Crippen molar-refractivity contribution in [2.24, 2.45) is 40.9 Å². The number of rotatable bonds is 5. The fourth-order valence-electron chi connectivity index (χ4n) is 9.44. The highest BCUT2D eigenvalue weighted by Gasteiger charge is 2.59. The van der Waals surface area contributed by atoms with E-state index < -0.39 is 22.1 Å². The minimum Gasteiger partial charge on any atom is -0.387 e. The summed E-state index contributed by atoms with van der Waals surface area (Å²) in [4.78, 5) is 15.7. The highest BCUT2D eigenvalue weighted by atomic mass is 32.2. The van der Waals surface area contributed by atoms with Gasteiger partial charge in [0.15, 0.2) is 0 Å². The molecule has 8 atom stereocenters. The number of carbonyl (C=O) groups is 1. The molecule has 1 saturated heterocycles. The van der Waals surface area contributed by atoms with Gasteiger partial charge in [0.2, 0.25) is 0 Å². The third kappa shape index (κ3) is 4.40. The van der Waals surface area contributed by atoms with Crippen LogP contribution in [0.3, 0.4) is 0 Å². The quantitative estimate of drug-likeness (QED) is 0.621. The van der Waals surface area contributed by atoms with E-state index in [9.17, 15) is 22.7 Å². The maximum absolute atomic E-state index is 13.5. The van der Waals surface area contributed by atoms with Gasteiger partial charge in [-0.15, -0.1) is 0 Å². The van der Waals surface area contributed by atoms with Gasteiger partial charge in [0, 0.05) is 12.2 Å². The zero-order chi connectivity index (χ0) is 24.3. The predicted molar refractivity (Wildman–Crippen MR) is 131 cm³/mol. The fourth-order valence-corrected chi connectivity index (χ4v) is 10.5. The lowest BCUT2D eigenvalue weighted by molar-refractivity contribution is -0.134. The summed E-state index contributed by atoms with van der Waals surface area (Å²) in [5.41, 5.74) is -0.998. The number of ketones is 1. The van der Waals surface area contributed by atoms with E-state index in [1.807, 2.05) is 0 Å². The van der Waals surface area contributed by atoms with E-state index in [0.29, 0.717) is 80.7 Å². The summed E-state index contributed by atoms with van der Waals surface area (Å²) in [6.45, 7) is 3.66. The lowest BCUT2D eigenvalue weighted by atomic mass is 9.49. The van der Waals surface area contributed by atoms with Crippen LogP contribution >= 0.6 is 0 Å². The molecule has 1 heterocycles. The number of hydrogen-bond acceptors (Lipinski definition) is 5. The molecule has 1 N–H and O–H groups in total. The van der Waals surface area contributed by atoms with Gasteiger partial charge in [-0.3, -0.25) is 9.69 Å². The molecule has 4 saturated carbocycles. The number of carbonyl (C=O) groups excluding carboxylic acids is 1. The van der Waals surface area contributed by atoms with Gasteiger partial charge >= 0.3 is 0 Å². The fraction of sp³-hybridized carbons (Fsp3) is 0.963. The van der Waals surface area contributed by atoms with E-state index in [0.717, 1.165) is 32.1 Å². The van der Waals surface area contributed by atoms with Crippen molar-refractivity contribution in [3.8, 4) is 0 Å². The molecule has 0 bridgehead atoms. The van der Waals surface area contributed by atoms with Crippen LogP contribution in [0.5, 0.6) is 0 Å². The van der Waals surface area contributed by atoms with Crippen molar-refractivity contribution in [1.29, 1.82) is 0 Å². The Labute approximate surface area is 205 Å². The minimum absolute atomic E-state index is 0.0878. The van der Waals surface area contributed by atoms with Crippen molar-refractivity contribution in [3.63, 3.8) is 0 Å². The maximum Gasteiger partial charge on any atom is 0.150 e. The van der Waals surface area contributed by atoms with E-state index in [2.05, 4.69) is 11.8 Å². The molecule has 5 fully saturated rings. The number of aliphatic hydroxyl groups is 1. The van der Waals surface area contributed by atoms with Crippen LogP contribution in [0.2, 0.25) is 0 Å². The van der Waals surface area contributed by atoms with Gasteiger partial charge in [-0.05, 0) is 119 Å². The number of halogens is 1. The van der Waals surface area contributed by atoms with E-state index in [1.165, 1.54) is 19.1 Å². The van der Waals surface area contributed by atoms with Crippen LogP contribution in [0, 0.1) is 40.9 Å². The predicted octanol–water partition coefficient (Wildman–Crippen LogP) is 4.03. The summed E-state index contributed by atoms with van der Waals surface area (Å²) in [5.74, 6) is 3.58. The summed E-state index contributed by atoms with van der Waals surface area (Å²) in [6.07, 6.45) is 11.5. The van der Waals surface area contributed by atoms with Gasteiger partial charge in [0.25, 0.3) is 0 Å². The lowest BCUT2D eigenvalue weighted by Crippen LogP contribution is -2.52. The molecule has 0 aromatic carbocycles. The Morgan fingerprint density at radius 2 is 1.68 bits per heavy atom. The Kier molecular flexibility index (Phi) is 6.72. The van der Waals surface area contributed by atoms with Crippen molar-refractivity contribution in [1.82, 2.24) is 4.90 Å². The van der Waals surface area contributed by atoms with Gasteiger partial charge in [0.05, 0.1) is 17.4 Å². The second-order valence-corrected chi connectivity index (χ2v) is 15.3. The number of Topliss-reactive ketones (excluding diaryl/α,β-unsaturated/α-hetero) is 1. The Bertz CT molecular complexity index is 887. The van der Waals surface area contributed by atoms with Gasteiger partial charge in [-0.1, -0.05) is 6.92 Å². The van der Waals surface area contributed by atoms with Gasteiger partial charge in [-0.2, -0.15) is 0 Å². The molecule has 5 rings (SSSR count). The van der Waals surface area contributed by atoms with Crippen molar-refractivity contribution < 1.29 is 22.7 Å². The van der Waals surface area contributed by atoms with Crippen molar-refractivity contribution in [3.05, 3.63) is 0 Å². The van der Waals surface area contributed by atoms with Gasteiger partial charge in [-0.25, -0.2) is 12.8 Å². The van der Waals surface area contributed by atoms with E-state index in [4.69, 9.17) is 0 Å². The largest absolute Gasteiger partial charge is 0.387 e. The van der Waals surface area contributed by atoms with Gasteiger partial charge in [0.1, 0.15) is 22.3 Å². The number of sulfone groups is 1. The van der Waals surface area contributed by atoms with Crippen LogP contribution in [-0.4, -0.2) is 67.6 Å². The molecule has 194 valence electrons. The Morgan fingerprint density at radius 1 is 0.971 bits per heavy atom.